The van der Waals surface area contributed by atoms with Crippen LogP contribution in [0.5, 0.6) is 0 Å². The molecule has 4 aliphatic rings. The topological polar surface area (TPSA) is 6.48 Å². The number of nitrogens with zero attached hydrogens (tertiary/aromatic N) is 2. The molecule has 0 heterocycles. The van der Waals surface area contributed by atoms with Gasteiger partial charge in [0.1, 0.15) is 0 Å². The summed E-state index contributed by atoms with van der Waals surface area (Å²) in [6, 6.07) is 78.6. The van der Waals surface area contributed by atoms with E-state index < -0.39 is 5.41 Å². The quantitative estimate of drug-likeness (QED) is 0.150. The summed E-state index contributed by atoms with van der Waals surface area (Å²) in [4.78, 5) is 5.17. The molecule has 10 aromatic carbocycles. The number of anilines is 6. The fourth-order valence-corrected chi connectivity index (χ4v) is 14.1. The Morgan fingerprint density at radius 1 is 0.333 bits per heavy atom. The molecule has 1 unspecified atom stereocenters. The van der Waals surface area contributed by atoms with Crippen LogP contribution in [0.1, 0.15) is 94.5 Å². The van der Waals surface area contributed by atoms with E-state index in [1.165, 1.54) is 117 Å². The first-order chi connectivity index (χ1) is 36.5. The molecule has 0 saturated carbocycles. The van der Waals surface area contributed by atoms with Crippen LogP contribution in [0.3, 0.4) is 0 Å². The highest BCUT2D eigenvalue weighted by Crippen LogP contribution is 2.68. The molecule has 75 heavy (non-hydrogen) atoms. The van der Waals surface area contributed by atoms with Crippen LogP contribution in [0, 0.1) is 13.8 Å². The predicted molar refractivity (Wildman–Crippen MR) is 317 cm³/mol. The lowest BCUT2D eigenvalue weighted by molar-refractivity contribution is 0.660. The Hall–Kier alpha value is -8.72. The van der Waals surface area contributed by atoms with Gasteiger partial charge in [-0.25, -0.2) is 0 Å². The van der Waals surface area contributed by atoms with Crippen molar-refractivity contribution in [3.8, 4) is 44.5 Å². The molecule has 0 fully saturated rings. The summed E-state index contributed by atoms with van der Waals surface area (Å²) in [7, 11) is 0. The highest BCUT2D eigenvalue weighted by molar-refractivity contribution is 6.05. The minimum Gasteiger partial charge on any atom is -0.310 e. The number of hydrogen-bond acceptors (Lipinski definition) is 2. The van der Waals surface area contributed by atoms with E-state index in [4.69, 9.17) is 0 Å². The summed E-state index contributed by atoms with van der Waals surface area (Å²) in [6.45, 7) is 22.3. The van der Waals surface area contributed by atoms with E-state index in [0.29, 0.717) is 0 Å². The third kappa shape index (κ3) is 6.08. The van der Waals surface area contributed by atoms with Gasteiger partial charge in [0.15, 0.2) is 0 Å². The molecule has 2 heteroatoms. The average molecular weight is 963 g/mol. The summed E-state index contributed by atoms with van der Waals surface area (Å²) in [5, 5.41) is 0. The Morgan fingerprint density at radius 3 is 1.21 bits per heavy atom. The van der Waals surface area contributed by atoms with Gasteiger partial charge in [0.25, 0.3) is 0 Å². The summed E-state index contributed by atoms with van der Waals surface area (Å²) >= 11 is 0. The SMILES string of the molecule is C=Cc1ccc2c(c1)C(C)(C)c1c-2cccc1N(c1ccc(C)cc1)c1cccc2c1-c1ccccc1C21c2ccccc2-c2cccc(N(c3ccc(C)cc3)c3cccc4c3C(C)(C)c3cc(C=C)ccc3-4)c21. The first kappa shape index (κ1) is 44.9. The lowest BCUT2D eigenvalue weighted by atomic mass is 9.69. The third-order valence-electron chi connectivity index (χ3n) is 17.5. The van der Waals surface area contributed by atoms with Crippen LogP contribution in [0.4, 0.5) is 34.1 Å². The number of fused-ring (bicyclic) bond motifs is 16. The van der Waals surface area contributed by atoms with Crippen molar-refractivity contribution in [2.75, 3.05) is 9.80 Å². The van der Waals surface area contributed by atoms with Gasteiger partial charge in [0.2, 0.25) is 0 Å². The molecule has 0 aliphatic heterocycles. The molecule has 0 saturated heterocycles. The van der Waals surface area contributed by atoms with Gasteiger partial charge in [-0.2, -0.15) is 0 Å². The number of benzene rings is 10. The maximum Gasteiger partial charge on any atom is 0.0746 e. The zero-order valence-electron chi connectivity index (χ0n) is 43.6. The summed E-state index contributed by atoms with van der Waals surface area (Å²) in [5.41, 5.74) is 31.1. The van der Waals surface area contributed by atoms with Gasteiger partial charge in [-0.1, -0.05) is 222 Å². The summed E-state index contributed by atoms with van der Waals surface area (Å²) < 4.78 is 0. The number of aryl methyl sites for hydroxylation is 2. The molecule has 10 aromatic rings. The molecular formula is C73H58N2. The van der Waals surface area contributed by atoms with E-state index in [0.717, 1.165) is 28.2 Å². The van der Waals surface area contributed by atoms with Crippen LogP contribution in [0.2, 0.25) is 0 Å². The second-order valence-corrected chi connectivity index (χ2v) is 22.3. The minimum atomic E-state index is -0.684. The fraction of sp³-hybridized carbons (Fsp3) is 0.123. The van der Waals surface area contributed by atoms with Crippen molar-refractivity contribution in [1.29, 1.82) is 0 Å². The molecule has 0 amide bonds. The molecule has 360 valence electrons. The highest BCUT2D eigenvalue weighted by atomic mass is 15.2. The Morgan fingerprint density at radius 2 is 0.707 bits per heavy atom. The minimum absolute atomic E-state index is 0.292. The van der Waals surface area contributed by atoms with Crippen LogP contribution < -0.4 is 9.80 Å². The van der Waals surface area contributed by atoms with Crippen molar-refractivity contribution < 1.29 is 0 Å². The van der Waals surface area contributed by atoms with E-state index in [-0.39, 0.29) is 10.8 Å². The molecule has 0 radical (unpaired) electrons. The first-order valence-electron chi connectivity index (χ1n) is 26.5. The molecule has 0 N–H and O–H groups in total. The average Bonchev–Trinajstić information content (AvgIpc) is 4.11. The molecule has 4 aliphatic carbocycles. The third-order valence-corrected chi connectivity index (χ3v) is 17.5. The van der Waals surface area contributed by atoms with Crippen molar-refractivity contribution in [3.05, 3.63) is 286 Å². The van der Waals surface area contributed by atoms with Crippen LogP contribution in [0.15, 0.2) is 219 Å². The van der Waals surface area contributed by atoms with Crippen molar-refractivity contribution in [2.45, 2.75) is 57.8 Å². The molecular weight excluding hydrogens is 905 g/mol. The van der Waals surface area contributed by atoms with E-state index in [1.807, 2.05) is 12.2 Å². The molecule has 2 nitrogen and oxygen atoms in total. The van der Waals surface area contributed by atoms with Crippen LogP contribution in [-0.4, -0.2) is 0 Å². The van der Waals surface area contributed by atoms with Crippen molar-refractivity contribution in [3.63, 3.8) is 0 Å². The van der Waals surface area contributed by atoms with Crippen LogP contribution in [-0.2, 0) is 16.2 Å². The van der Waals surface area contributed by atoms with Crippen molar-refractivity contribution >= 4 is 46.3 Å². The number of hydrogen-bond donors (Lipinski definition) is 0. The second-order valence-electron chi connectivity index (χ2n) is 22.3. The summed E-state index contributed by atoms with van der Waals surface area (Å²) in [5.74, 6) is 0. The largest absolute Gasteiger partial charge is 0.310 e. The van der Waals surface area contributed by atoms with E-state index >= 15 is 0 Å². The Bertz CT molecular complexity index is 4070. The molecule has 1 atom stereocenters. The Labute approximate surface area is 442 Å². The first-order valence-corrected chi connectivity index (χ1v) is 26.5. The lowest BCUT2D eigenvalue weighted by Gasteiger charge is -2.38. The van der Waals surface area contributed by atoms with Gasteiger partial charge in [-0.3, -0.25) is 0 Å². The monoisotopic (exact) mass is 962 g/mol. The zero-order valence-corrected chi connectivity index (χ0v) is 43.6. The van der Waals surface area contributed by atoms with E-state index in [1.54, 1.807) is 0 Å². The van der Waals surface area contributed by atoms with E-state index in [2.05, 4.69) is 271 Å². The molecule has 1 spiro atoms. The Balaban J connectivity index is 1.07. The van der Waals surface area contributed by atoms with Gasteiger partial charge in [0, 0.05) is 33.3 Å². The maximum atomic E-state index is 4.17. The van der Waals surface area contributed by atoms with E-state index in [9.17, 15) is 0 Å². The highest BCUT2D eigenvalue weighted by Gasteiger charge is 2.55. The number of rotatable bonds is 8. The smallest absolute Gasteiger partial charge is 0.0746 e. The van der Waals surface area contributed by atoms with Gasteiger partial charge < -0.3 is 9.80 Å². The molecule has 0 bridgehead atoms. The molecule has 0 aromatic heterocycles. The molecule has 14 rings (SSSR count). The maximum absolute atomic E-state index is 4.17. The lowest BCUT2D eigenvalue weighted by Crippen LogP contribution is -2.29. The standard InChI is InChI=1S/C73H58N2/c1-9-47-35-41-52-54-21-15-28-64(68(54)71(5,6)61(52)43-47)74(49-37-31-45(3)32-38-49)63-27-18-26-60-67(63)57-20-12-14-25-59(57)73(60)58-24-13-11-19-51(58)56-23-17-30-66(70(56)73)75(50-39-33-46(4)34-40-50)65-29-16-22-55-53-42-36-48(10-2)44-62(53)72(7,8)69(55)65/h9-44H,1-2H2,3-8H3. The Kier molecular flexibility index (Phi) is 9.67. The van der Waals surface area contributed by atoms with Gasteiger partial charge in [0.05, 0.1) is 28.2 Å². The fourth-order valence-electron chi connectivity index (χ4n) is 14.1. The van der Waals surface area contributed by atoms with Gasteiger partial charge >= 0.3 is 0 Å². The van der Waals surface area contributed by atoms with Gasteiger partial charge in [-0.15, -0.1) is 0 Å². The van der Waals surface area contributed by atoms with Crippen LogP contribution in [0.25, 0.3) is 56.7 Å². The predicted octanol–water partition coefficient (Wildman–Crippen LogP) is 19.5. The summed E-state index contributed by atoms with van der Waals surface area (Å²) in [6.07, 6.45) is 3.94. The van der Waals surface area contributed by atoms with Crippen molar-refractivity contribution in [1.82, 2.24) is 0 Å². The zero-order chi connectivity index (χ0) is 51.1. The van der Waals surface area contributed by atoms with Gasteiger partial charge in [-0.05, 0) is 151 Å². The second kappa shape index (κ2) is 16.1. The normalized spacial score (nSPS) is 16.0. The van der Waals surface area contributed by atoms with Crippen LogP contribution >= 0.6 is 0 Å². The van der Waals surface area contributed by atoms with Crippen molar-refractivity contribution in [2.24, 2.45) is 0 Å².